The first-order valence-corrected chi connectivity index (χ1v) is 9.67. The molecule has 0 fully saturated rings. The third kappa shape index (κ3) is 4.60. The molecule has 0 aliphatic rings. The van der Waals surface area contributed by atoms with Gasteiger partial charge >= 0.3 is 12.1 Å². The van der Waals surface area contributed by atoms with E-state index in [1.807, 2.05) is 19.0 Å². The van der Waals surface area contributed by atoms with Crippen molar-refractivity contribution in [3.05, 3.63) is 53.8 Å². The highest BCUT2D eigenvalue weighted by molar-refractivity contribution is 7.15. The van der Waals surface area contributed by atoms with Crippen LogP contribution in [0.5, 0.6) is 0 Å². The molecule has 13 heteroatoms. The van der Waals surface area contributed by atoms with E-state index in [2.05, 4.69) is 34.6 Å². The van der Waals surface area contributed by atoms with Crippen molar-refractivity contribution in [1.82, 2.24) is 30.1 Å². The van der Waals surface area contributed by atoms with E-state index in [9.17, 15) is 13.2 Å². The Kier molecular flexibility index (Phi) is 5.50. The van der Waals surface area contributed by atoms with Gasteiger partial charge in [-0.1, -0.05) is 5.16 Å². The van der Waals surface area contributed by atoms with Gasteiger partial charge in [0, 0.05) is 37.6 Å². The predicted octanol–water partition coefficient (Wildman–Crippen LogP) is 3.80. The maximum absolute atomic E-state index is 12.7. The maximum atomic E-state index is 12.7. The Morgan fingerprint density at radius 2 is 1.84 bits per heavy atom. The van der Waals surface area contributed by atoms with Crippen molar-refractivity contribution >= 4 is 28.9 Å². The maximum Gasteiger partial charge on any atom is 0.471 e. The smallest absolute Gasteiger partial charge is 0.347 e. The van der Waals surface area contributed by atoms with Crippen molar-refractivity contribution in [1.29, 1.82) is 0 Å². The van der Waals surface area contributed by atoms with Crippen LogP contribution in [0.4, 0.5) is 30.8 Å². The zero-order valence-corrected chi connectivity index (χ0v) is 17.1. The fraction of sp³-hybridized carbons (Fsp3) is 0.222. The first-order valence-electron chi connectivity index (χ1n) is 8.85. The Labute approximate surface area is 178 Å². The summed E-state index contributed by atoms with van der Waals surface area (Å²) in [5.41, 5.74) is 0. The van der Waals surface area contributed by atoms with Crippen LogP contribution < -0.4 is 9.80 Å². The third-order valence-electron chi connectivity index (χ3n) is 4.00. The number of halogens is 3. The molecule has 0 saturated carbocycles. The lowest BCUT2D eigenvalue weighted by molar-refractivity contribution is -0.159. The number of aromatic nitrogens is 6. The largest absolute Gasteiger partial charge is 0.471 e. The predicted molar refractivity (Wildman–Crippen MR) is 107 cm³/mol. The van der Waals surface area contributed by atoms with Gasteiger partial charge in [0.05, 0.1) is 17.6 Å². The molecule has 0 spiro atoms. The van der Waals surface area contributed by atoms with Gasteiger partial charge in [0.25, 0.3) is 0 Å². The Morgan fingerprint density at radius 1 is 1.00 bits per heavy atom. The lowest BCUT2D eigenvalue weighted by Gasteiger charge is -2.22. The van der Waals surface area contributed by atoms with Crippen LogP contribution in [0, 0.1) is 0 Å². The Balaban J connectivity index is 1.64. The minimum Gasteiger partial charge on any atom is -0.347 e. The van der Waals surface area contributed by atoms with Crippen LogP contribution in [-0.2, 0) is 12.7 Å². The monoisotopic (exact) mass is 448 g/mol. The van der Waals surface area contributed by atoms with Crippen LogP contribution in [0.3, 0.4) is 0 Å². The van der Waals surface area contributed by atoms with Crippen molar-refractivity contribution in [2.45, 2.75) is 12.7 Å². The topological polar surface area (TPSA) is 97.0 Å². The van der Waals surface area contributed by atoms with E-state index in [0.717, 1.165) is 4.88 Å². The van der Waals surface area contributed by atoms with E-state index in [4.69, 9.17) is 0 Å². The van der Waals surface area contributed by atoms with Crippen LogP contribution >= 0.6 is 11.3 Å². The van der Waals surface area contributed by atoms with Gasteiger partial charge < -0.3 is 14.3 Å². The van der Waals surface area contributed by atoms with Crippen molar-refractivity contribution in [3.8, 4) is 10.7 Å². The summed E-state index contributed by atoms with van der Waals surface area (Å²) < 4.78 is 42.5. The molecule has 31 heavy (non-hydrogen) atoms. The third-order valence-corrected chi connectivity index (χ3v) is 5.06. The molecule has 4 heterocycles. The van der Waals surface area contributed by atoms with Gasteiger partial charge in [-0.3, -0.25) is 4.98 Å². The average molecular weight is 448 g/mol. The minimum absolute atomic E-state index is 0.119. The molecule has 0 saturated heterocycles. The lowest BCUT2D eigenvalue weighted by atomic mass is 10.3. The fourth-order valence-corrected chi connectivity index (χ4v) is 3.52. The molecule has 0 bridgehead atoms. The van der Waals surface area contributed by atoms with E-state index in [1.54, 1.807) is 47.9 Å². The molecule has 160 valence electrons. The molecule has 0 N–H and O–H groups in total. The van der Waals surface area contributed by atoms with Crippen LogP contribution in [0.1, 0.15) is 10.8 Å². The van der Waals surface area contributed by atoms with Gasteiger partial charge in [-0.15, -0.1) is 11.3 Å². The Morgan fingerprint density at radius 3 is 2.52 bits per heavy atom. The zero-order chi connectivity index (χ0) is 22.0. The molecular weight excluding hydrogens is 433 g/mol. The molecule has 0 aliphatic heterocycles. The number of rotatable bonds is 6. The van der Waals surface area contributed by atoms with Gasteiger partial charge in [0.2, 0.25) is 11.8 Å². The van der Waals surface area contributed by atoms with Gasteiger partial charge in [-0.2, -0.15) is 23.1 Å². The Bertz CT molecular complexity index is 1160. The average Bonchev–Trinajstić information content (AvgIpc) is 3.42. The van der Waals surface area contributed by atoms with Crippen LogP contribution in [-0.4, -0.2) is 44.2 Å². The quantitative estimate of drug-likeness (QED) is 0.436. The molecule has 0 atom stereocenters. The molecule has 0 radical (unpaired) electrons. The van der Waals surface area contributed by atoms with Gasteiger partial charge in [-0.05, 0) is 18.2 Å². The summed E-state index contributed by atoms with van der Waals surface area (Å²) in [6, 6.07) is 5.16. The molecule has 0 amide bonds. The van der Waals surface area contributed by atoms with Crippen LogP contribution in [0.15, 0.2) is 47.5 Å². The molecule has 9 nitrogen and oxygen atoms in total. The number of nitrogens with zero attached hydrogens (tertiary/aromatic N) is 8. The lowest BCUT2D eigenvalue weighted by Crippen LogP contribution is -2.20. The highest BCUT2D eigenvalue weighted by Crippen LogP contribution is 2.33. The van der Waals surface area contributed by atoms with E-state index in [0.29, 0.717) is 29.0 Å². The molecular formula is C18H15F3N8OS. The first-order chi connectivity index (χ1) is 14.8. The molecule has 4 aromatic rings. The molecule has 0 aromatic carbocycles. The first kappa shape index (κ1) is 20.7. The normalized spacial score (nSPS) is 11.5. The van der Waals surface area contributed by atoms with E-state index < -0.39 is 12.1 Å². The van der Waals surface area contributed by atoms with E-state index >= 15 is 0 Å². The summed E-state index contributed by atoms with van der Waals surface area (Å²) in [7, 11) is 3.66. The van der Waals surface area contributed by atoms with Gasteiger partial charge in [-0.25, -0.2) is 9.97 Å². The number of alkyl halides is 3. The van der Waals surface area contributed by atoms with E-state index in [-0.39, 0.29) is 5.82 Å². The second-order valence-corrected chi connectivity index (χ2v) is 7.61. The minimum atomic E-state index is -4.69. The SMILES string of the molecule is CN(C)c1nccc(N(Cc2ccc(-c3noc(C(F)(F)F)n3)s2)c2cnccn2)n1. The fourth-order valence-electron chi connectivity index (χ4n) is 2.59. The summed E-state index contributed by atoms with van der Waals surface area (Å²) in [4.78, 5) is 25.6. The van der Waals surface area contributed by atoms with Crippen LogP contribution in [0.2, 0.25) is 0 Å². The van der Waals surface area contributed by atoms with E-state index in [1.165, 1.54) is 11.3 Å². The standard InChI is InChI=1S/C18H15F3N8OS/c1-28(2)17-24-6-5-13(25-17)29(14-9-22-7-8-23-14)10-11-3-4-12(31-11)15-26-16(30-27-15)18(19,20)21/h3-9H,10H2,1-2H3. The molecule has 4 aromatic heterocycles. The molecule has 0 aliphatic carbocycles. The second-order valence-electron chi connectivity index (χ2n) is 6.45. The number of hydrogen-bond acceptors (Lipinski definition) is 10. The summed E-state index contributed by atoms with van der Waals surface area (Å²) >= 11 is 1.24. The summed E-state index contributed by atoms with van der Waals surface area (Å²) in [5.74, 6) is 0.167. The summed E-state index contributed by atoms with van der Waals surface area (Å²) in [6.45, 7) is 0.344. The van der Waals surface area contributed by atoms with Gasteiger partial charge in [0.15, 0.2) is 5.82 Å². The Hall–Kier alpha value is -3.61. The number of thiophene rings is 1. The van der Waals surface area contributed by atoms with Crippen molar-refractivity contribution in [3.63, 3.8) is 0 Å². The highest BCUT2D eigenvalue weighted by atomic mass is 32.1. The number of hydrogen-bond donors (Lipinski definition) is 0. The van der Waals surface area contributed by atoms with Crippen LogP contribution in [0.25, 0.3) is 10.7 Å². The van der Waals surface area contributed by atoms with Gasteiger partial charge in [0.1, 0.15) is 5.82 Å². The van der Waals surface area contributed by atoms with Crippen molar-refractivity contribution < 1.29 is 17.7 Å². The van der Waals surface area contributed by atoms with Crippen molar-refractivity contribution in [2.75, 3.05) is 23.9 Å². The second kappa shape index (κ2) is 8.26. The highest BCUT2D eigenvalue weighted by Gasteiger charge is 2.38. The summed E-state index contributed by atoms with van der Waals surface area (Å²) in [5, 5.41) is 3.43. The molecule has 4 rings (SSSR count). The zero-order valence-electron chi connectivity index (χ0n) is 16.3. The number of anilines is 3. The molecule has 0 unspecified atom stereocenters. The summed E-state index contributed by atoms with van der Waals surface area (Å²) in [6.07, 6.45) is 1.67. The van der Waals surface area contributed by atoms with Crippen molar-refractivity contribution in [2.24, 2.45) is 0 Å².